The summed E-state index contributed by atoms with van der Waals surface area (Å²) < 4.78 is 0. The molecule has 1 aliphatic carbocycles. The van der Waals surface area contributed by atoms with Crippen molar-refractivity contribution in [3.05, 3.63) is 35.4 Å². The van der Waals surface area contributed by atoms with Gasteiger partial charge >= 0.3 is 12.0 Å². The van der Waals surface area contributed by atoms with Crippen LogP contribution in [0.15, 0.2) is 24.3 Å². The molecule has 2 amide bonds. The molecule has 3 N–H and O–H groups in total. The Morgan fingerprint density at radius 3 is 2.86 bits per heavy atom. The number of benzene rings is 1. The van der Waals surface area contributed by atoms with E-state index in [1.165, 1.54) is 11.1 Å². The third-order valence-corrected chi connectivity index (χ3v) is 4.33. The number of rotatable bonds is 7. The maximum atomic E-state index is 11.8. The zero-order valence-electron chi connectivity index (χ0n) is 12.0. The number of amides is 2. The van der Waals surface area contributed by atoms with Gasteiger partial charge in [-0.05, 0) is 36.0 Å². The van der Waals surface area contributed by atoms with Crippen LogP contribution in [0.1, 0.15) is 23.5 Å². The van der Waals surface area contributed by atoms with Crippen molar-refractivity contribution in [3.63, 3.8) is 0 Å². The number of carboxylic acid groups (broad SMARTS) is 1. The lowest BCUT2D eigenvalue weighted by Gasteiger charge is -2.30. The van der Waals surface area contributed by atoms with Gasteiger partial charge in [-0.3, -0.25) is 0 Å². The van der Waals surface area contributed by atoms with Gasteiger partial charge in [-0.15, -0.1) is 0 Å². The van der Waals surface area contributed by atoms with Crippen molar-refractivity contribution in [2.24, 2.45) is 0 Å². The van der Waals surface area contributed by atoms with E-state index in [1.54, 1.807) is 11.8 Å². The molecule has 1 aliphatic rings. The number of urea groups is 1. The molecule has 0 bridgehead atoms. The Kier molecular flexibility index (Phi) is 5.50. The van der Waals surface area contributed by atoms with Crippen LogP contribution in [0.4, 0.5) is 4.79 Å². The average molecular weight is 308 g/mol. The number of nitrogens with one attached hydrogen (secondary N) is 2. The molecule has 0 aliphatic heterocycles. The summed E-state index contributed by atoms with van der Waals surface area (Å²) >= 11 is 1.56. The number of hydrogen-bond acceptors (Lipinski definition) is 3. The molecule has 21 heavy (non-hydrogen) atoms. The van der Waals surface area contributed by atoms with Crippen LogP contribution < -0.4 is 10.6 Å². The number of hydrogen-bond donors (Lipinski definition) is 3. The standard InChI is InChI=1S/C15H20N2O3S/c1-21-7-6-13(14(18)19)17-15(20)16-9-11-8-10-4-2-3-5-12(10)11/h2-5,11,13H,6-9H2,1H3,(H,18,19)(H2,16,17,20). The van der Waals surface area contributed by atoms with Gasteiger partial charge in [0.25, 0.3) is 0 Å². The fourth-order valence-electron chi connectivity index (χ4n) is 2.46. The monoisotopic (exact) mass is 308 g/mol. The number of carboxylic acids is 1. The van der Waals surface area contributed by atoms with Crippen molar-refractivity contribution >= 4 is 23.8 Å². The third kappa shape index (κ3) is 4.14. The normalized spacial score (nSPS) is 17.3. The predicted octanol–water partition coefficient (Wildman–Crippen LogP) is 1.83. The lowest BCUT2D eigenvalue weighted by molar-refractivity contribution is -0.139. The van der Waals surface area contributed by atoms with Gasteiger partial charge in [-0.2, -0.15) is 11.8 Å². The van der Waals surface area contributed by atoms with Gasteiger partial charge in [0.1, 0.15) is 6.04 Å². The van der Waals surface area contributed by atoms with Crippen molar-refractivity contribution in [2.45, 2.75) is 24.8 Å². The first kappa shape index (κ1) is 15.7. The molecule has 1 aromatic carbocycles. The summed E-state index contributed by atoms with van der Waals surface area (Å²) in [4.78, 5) is 22.8. The van der Waals surface area contributed by atoms with Crippen molar-refractivity contribution in [1.29, 1.82) is 0 Å². The van der Waals surface area contributed by atoms with Gasteiger partial charge in [-0.25, -0.2) is 9.59 Å². The minimum atomic E-state index is -0.992. The summed E-state index contributed by atoms with van der Waals surface area (Å²) in [5.74, 6) is 0.0439. The van der Waals surface area contributed by atoms with Crippen LogP contribution in [-0.4, -0.2) is 41.7 Å². The van der Waals surface area contributed by atoms with E-state index in [-0.39, 0.29) is 0 Å². The first-order valence-corrected chi connectivity index (χ1v) is 8.35. The van der Waals surface area contributed by atoms with Crippen molar-refractivity contribution in [2.75, 3.05) is 18.6 Å². The van der Waals surface area contributed by atoms with Crippen LogP contribution in [0.25, 0.3) is 0 Å². The molecule has 1 aromatic rings. The summed E-state index contributed by atoms with van der Waals surface area (Å²) in [7, 11) is 0. The Morgan fingerprint density at radius 2 is 2.19 bits per heavy atom. The first-order chi connectivity index (χ1) is 10.1. The lowest BCUT2D eigenvalue weighted by atomic mass is 9.78. The van der Waals surface area contributed by atoms with E-state index in [0.717, 1.165) is 6.42 Å². The van der Waals surface area contributed by atoms with Crippen molar-refractivity contribution in [3.8, 4) is 0 Å². The molecule has 0 fully saturated rings. The van der Waals surface area contributed by atoms with Gasteiger partial charge in [0.15, 0.2) is 0 Å². The zero-order chi connectivity index (χ0) is 15.2. The highest BCUT2D eigenvalue weighted by molar-refractivity contribution is 7.98. The van der Waals surface area contributed by atoms with Gasteiger partial charge in [0.05, 0.1) is 0 Å². The molecule has 0 saturated heterocycles. The van der Waals surface area contributed by atoms with Crippen LogP contribution in [0, 0.1) is 0 Å². The molecule has 0 spiro atoms. The number of thioether (sulfide) groups is 1. The van der Waals surface area contributed by atoms with E-state index in [4.69, 9.17) is 5.11 Å². The maximum Gasteiger partial charge on any atom is 0.326 e. The minimum absolute atomic E-state index is 0.335. The van der Waals surface area contributed by atoms with Crippen LogP contribution in [0.3, 0.4) is 0 Å². The number of fused-ring (bicyclic) bond motifs is 1. The summed E-state index contributed by atoms with van der Waals surface area (Å²) in [5.41, 5.74) is 2.60. The SMILES string of the molecule is CSCCC(NC(=O)NCC1Cc2ccccc21)C(=O)O. The Bertz CT molecular complexity index is 521. The van der Waals surface area contributed by atoms with Gasteiger partial charge in [0.2, 0.25) is 0 Å². The van der Waals surface area contributed by atoms with Crippen LogP contribution in [0.5, 0.6) is 0 Å². The summed E-state index contributed by atoms with van der Waals surface area (Å²) in [5, 5.41) is 14.3. The molecule has 0 aromatic heterocycles. The molecular weight excluding hydrogens is 288 g/mol. The van der Waals surface area contributed by atoms with E-state index in [2.05, 4.69) is 22.8 Å². The predicted molar refractivity (Wildman–Crippen MR) is 83.8 cm³/mol. The Morgan fingerprint density at radius 1 is 1.43 bits per heavy atom. The minimum Gasteiger partial charge on any atom is -0.480 e. The molecule has 6 heteroatoms. The smallest absolute Gasteiger partial charge is 0.326 e. The highest BCUT2D eigenvalue weighted by Gasteiger charge is 2.26. The van der Waals surface area contributed by atoms with Crippen LogP contribution >= 0.6 is 11.8 Å². The van der Waals surface area contributed by atoms with Crippen molar-refractivity contribution < 1.29 is 14.7 Å². The van der Waals surface area contributed by atoms with E-state index in [0.29, 0.717) is 24.6 Å². The Hall–Kier alpha value is -1.69. The molecule has 2 rings (SSSR count). The molecule has 2 unspecified atom stereocenters. The first-order valence-electron chi connectivity index (χ1n) is 6.95. The summed E-state index contributed by atoms with van der Waals surface area (Å²) in [6, 6.07) is 6.93. The second-order valence-electron chi connectivity index (χ2n) is 5.13. The topological polar surface area (TPSA) is 78.4 Å². The van der Waals surface area contributed by atoms with Crippen LogP contribution in [0.2, 0.25) is 0 Å². The lowest BCUT2D eigenvalue weighted by Crippen LogP contribution is -2.47. The molecule has 0 heterocycles. The van der Waals surface area contributed by atoms with Gasteiger partial charge < -0.3 is 15.7 Å². The second-order valence-corrected chi connectivity index (χ2v) is 6.11. The van der Waals surface area contributed by atoms with E-state index < -0.39 is 18.0 Å². The average Bonchev–Trinajstić information content (AvgIpc) is 2.44. The molecule has 114 valence electrons. The fourth-order valence-corrected chi connectivity index (χ4v) is 2.93. The molecule has 5 nitrogen and oxygen atoms in total. The largest absolute Gasteiger partial charge is 0.480 e. The highest BCUT2D eigenvalue weighted by Crippen LogP contribution is 2.33. The van der Waals surface area contributed by atoms with E-state index >= 15 is 0 Å². The molecular formula is C15H20N2O3S. The molecule has 2 atom stereocenters. The number of aliphatic carboxylic acids is 1. The maximum absolute atomic E-state index is 11.8. The van der Waals surface area contributed by atoms with Gasteiger partial charge in [-0.1, -0.05) is 24.3 Å². The molecule has 0 radical (unpaired) electrons. The number of carbonyl (C=O) groups excluding carboxylic acids is 1. The van der Waals surface area contributed by atoms with E-state index in [1.807, 2.05) is 18.4 Å². The third-order valence-electron chi connectivity index (χ3n) is 3.68. The van der Waals surface area contributed by atoms with E-state index in [9.17, 15) is 9.59 Å². The summed E-state index contributed by atoms with van der Waals surface area (Å²) in [6.45, 7) is 0.539. The zero-order valence-corrected chi connectivity index (χ0v) is 12.8. The fraction of sp³-hybridized carbons (Fsp3) is 0.467. The van der Waals surface area contributed by atoms with Crippen molar-refractivity contribution in [1.82, 2.24) is 10.6 Å². The Balaban J connectivity index is 1.76. The quantitative estimate of drug-likeness (QED) is 0.718. The van der Waals surface area contributed by atoms with Crippen LogP contribution in [-0.2, 0) is 11.2 Å². The number of carbonyl (C=O) groups is 2. The molecule has 0 saturated carbocycles. The Labute approximate surface area is 128 Å². The second kappa shape index (κ2) is 7.36. The highest BCUT2D eigenvalue weighted by atomic mass is 32.2. The van der Waals surface area contributed by atoms with Gasteiger partial charge in [0, 0.05) is 12.5 Å². The summed E-state index contributed by atoms with van der Waals surface area (Å²) in [6.07, 6.45) is 3.30.